The van der Waals surface area contributed by atoms with Crippen LogP contribution in [0, 0.1) is 0 Å². The van der Waals surface area contributed by atoms with Gasteiger partial charge in [0.05, 0.1) is 5.41 Å². The van der Waals surface area contributed by atoms with Crippen LogP contribution in [0.25, 0.3) is 0 Å². The first-order chi connectivity index (χ1) is 9.71. The van der Waals surface area contributed by atoms with Crippen LogP contribution in [0.3, 0.4) is 0 Å². The Morgan fingerprint density at radius 1 is 0.950 bits per heavy atom. The van der Waals surface area contributed by atoms with Crippen molar-refractivity contribution in [2.75, 3.05) is 5.88 Å². The van der Waals surface area contributed by atoms with E-state index in [1.165, 1.54) is 0 Å². The number of primary amides is 1. The van der Waals surface area contributed by atoms with E-state index in [4.69, 9.17) is 17.3 Å². The van der Waals surface area contributed by atoms with Crippen LogP contribution >= 0.6 is 11.6 Å². The molecular weight excluding hydrogens is 270 g/mol. The molecule has 2 aromatic carbocycles. The van der Waals surface area contributed by atoms with Gasteiger partial charge in [0, 0.05) is 5.88 Å². The zero-order valence-electron chi connectivity index (χ0n) is 11.3. The average molecular weight is 288 g/mol. The normalized spacial score (nSPS) is 11.2. The molecule has 0 aliphatic rings. The number of carbonyl (C=O) groups excluding carboxylic acids is 1. The van der Waals surface area contributed by atoms with Gasteiger partial charge in [-0.2, -0.15) is 0 Å². The van der Waals surface area contributed by atoms with E-state index >= 15 is 0 Å². The Morgan fingerprint density at radius 3 is 1.75 bits per heavy atom. The van der Waals surface area contributed by atoms with Crippen molar-refractivity contribution in [2.24, 2.45) is 5.73 Å². The molecule has 2 rings (SSSR count). The van der Waals surface area contributed by atoms with Crippen LogP contribution in [0.5, 0.6) is 0 Å². The van der Waals surface area contributed by atoms with E-state index in [1.807, 2.05) is 60.7 Å². The third-order valence-corrected chi connectivity index (χ3v) is 3.91. The van der Waals surface area contributed by atoms with Gasteiger partial charge in [-0.15, -0.1) is 11.6 Å². The molecule has 0 aliphatic heterocycles. The zero-order chi connectivity index (χ0) is 14.4. The summed E-state index contributed by atoms with van der Waals surface area (Å²) >= 11 is 5.84. The maximum absolute atomic E-state index is 12.3. The number of hydrogen-bond donors (Lipinski definition) is 1. The molecule has 3 heteroatoms. The third kappa shape index (κ3) is 2.70. The van der Waals surface area contributed by atoms with Gasteiger partial charge in [0.15, 0.2) is 0 Å². The Hall–Kier alpha value is -1.80. The number of rotatable bonds is 6. The molecule has 0 aliphatic carbocycles. The quantitative estimate of drug-likeness (QED) is 0.812. The van der Waals surface area contributed by atoms with Crippen LogP contribution in [0.1, 0.15) is 24.0 Å². The number of hydrogen-bond acceptors (Lipinski definition) is 1. The van der Waals surface area contributed by atoms with Crippen LogP contribution in [-0.2, 0) is 10.2 Å². The zero-order valence-corrected chi connectivity index (χ0v) is 12.0. The van der Waals surface area contributed by atoms with Gasteiger partial charge in [-0.1, -0.05) is 60.7 Å². The average Bonchev–Trinajstić information content (AvgIpc) is 2.50. The molecule has 20 heavy (non-hydrogen) atoms. The summed E-state index contributed by atoms with van der Waals surface area (Å²) in [5.74, 6) is 0.175. The van der Waals surface area contributed by atoms with Crippen LogP contribution in [0.15, 0.2) is 60.7 Å². The van der Waals surface area contributed by atoms with Gasteiger partial charge in [-0.05, 0) is 24.0 Å². The predicted octanol–water partition coefficient (Wildman–Crippen LogP) is 3.48. The van der Waals surface area contributed by atoms with Crippen molar-refractivity contribution >= 4 is 17.5 Å². The summed E-state index contributed by atoms with van der Waals surface area (Å²) < 4.78 is 0. The second-order valence-corrected chi connectivity index (χ2v) is 5.17. The van der Waals surface area contributed by atoms with Gasteiger partial charge in [-0.25, -0.2) is 0 Å². The highest BCUT2D eigenvalue weighted by Gasteiger charge is 2.39. The van der Waals surface area contributed by atoms with Gasteiger partial charge in [-0.3, -0.25) is 4.79 Å². The number of carbonyl (C=O) groups is 1. The minimum atomic E-state index is -0.808. The Labute approximate surface area is 124 Å². The molecular formula is C17H18ClNO. The molecule has 2 nitrogen and oxygen atoms in total. The second-order valence-electron chi connectivity index (χ2n) is 4.79. The predicted molar refractivity (Wildman–Crippen MR) is 82.8 cm³/mol. The Balaban J connectivity index is 2.60. The third-order valence-electron chi connectivity index (χ3n) is 3.64. The summed E-state index contributed by atoms with van der Waals surface area (Å²) in [5, 5.41) is 0. The molecule has 0 unspecified atom stereocenters. The largest absolute Gasteiger partial charge is 0.369 e. The summed E-state index contributed by atoms with van der Waals surface area (Å²) in [6.07, 6.45) is 1.34. The maximum atomic E-state index is 12.3. The van der Waals surface area contributed by atoms with E-state index < -0.39 is 5.41 Å². The molecule has 0 heterocycles. The summed E-state index contributed by atoms with van der Waals surface area (Å²) in [4.78, 5) is 12.3. The van der Waals surface area contributed by atoms with Gasteiger partial charge in [0.2, 0.25) is 5.91 Å². The van der Waals surface area contributed by atoms with E-state index in [0.717, 1.165) is 17.5 Å². The van der Waals surface area contributed by atoms with Gasteiger partial charge < -0.3 is 5.73 Å². The van der Waals surface area contributed by atoms with Crippen LogP contribution in [0.2, 0.25) is 0 Å². The number of benzene rings is 2. The lowest BCUT2D eigenvalue weighted by Gasteiger charge is -2.31. The molecule has 0 atom stereocenters. The first kappa shape index (κ1) is 14.6. The summed E-state index contributed by atoms with van der Waals surface area (Å²) in [6, 6.07) is 19.4. The molecule has 0 fully saturated rings. The number of nitrogens with two attached hydrogens (primary N) is 1. The van der Waals surface area contributed by atoms with Crippen molar-refractivity contribution < 1.29 is 4.79 Å². The number of alkyl halides is 1. The van der Waals surface area contributed by atoms with Gasteiger partial charge in [0.25, 0.3) is 0 Å². The van der Waals surface area contributed by atoms with E-state index in [9.17, 15) is 4.79 Å². The van der Waals surface area contributed by atoms with Crippen LogP contribution < -0.4 is 5.73 Å². The number of amides is 1. The highest BCUT2D eigenvalue weighted by molar-refractivity contribution is 6.17. The fourth-order valence-electron chi connectivity index (χ4n) is 2.64. The standard InChI is InChI=1S/C17H18ClNO/c18-13-7-12-17(16(19)20,14-8-3-1-4-9-14)15-10-5-2-6-11-15/h1-6,8-11H,7,12-13H2,(H2,19,20). The minimum absolute atomic E-state index is 0.333. The van der Waals surface area contributed by atoms with E-state index in [2.05, 4.69) is 0 Å². The molecule has 0 saturated carbocycles. The number of halogens is 1. The molecule has 0 aromatic heterocycles. The summed E-state index contributed by atoms with van der Waals surface area (Å²) in [6.45, 7) is 0. The SMILES string of the molecule is NC(=O)C(CCCCl)(c1ccccc1)c1ccccc1. The molecule has 0 radical (unpaired) electrons. The lowest BCUT2D eigenvalue weighted by molar-refractivity contribution is -0.122. The molecule has 0 bridgehead atoms. The smallest absolute Gasteiger partial charge is 0.232 e. The molecule has 2 N–H and O–H groups in total. The lowest BCUT2D eigenvalue weighted by atomic mass is 9.71. The van der Waals surface area contributed by atoms with Crippen molar-refractivity contribution in [3.8, 4) is 0 Å². The molecule has 1 amide bonds. The molecule has 104 valence electrons. The first-order valence-electron chi connectivity index (χ1n) is 6.68. The highest BCUT2D eigenvalue weighted by Crippen LogP contribution is 2.36. The Kier molecular flexibility index (Phi) is 4.80. The van der Waals surface area contributed by atoms with Gasteiger partial charge in [0.1, 0.15) is 0 Å². The monoisotopic (exact) mass is 287 g/mol. The Morgan fingerprint density at radius 2 is 1.40 bits per heavy atom. The molecule has 0 spiro atoms. The lowest BCUT2D eigenvalue weighted by Crippen LogP contribution is -2.42. The van der Waals surface area contributed by atoms with Gasteiger partial charge >= 0.3 is 0 Å². The summed E-state index contributed by atoms with van der Waals surface area (Å²) in [5.41, 5.74) is 6.83. The second kappa shape index (κ2) is 6.58. The van der Waals surface area contributed by atoms with Crippen LogP contribution in [0.4, 0.5) is 0 Å². The fourth-order valence-corrected chi connectivity index (χ4v) is 2.77. The minimum Gasteiger partial charge on any atom is -0.369 e. The Bertz CT molecular complexity index is 514. The van der Waals surface area contributed by atoms with E-state index in [0.29, 0.717) is 12.3 Å². The molecule has 2 aromatic rings. The highest BCUT2D eigenvalue weighted by atomic mass is 35.5. The van der Waals surface area contributed by atoms with E-state index in [-0.39, 0.29) is 5.91 Å². The fraction of sp³-hybridized carbons (Fsp3) is 0.235. The van der Waals surface area contributed by atoms with Crippen molar-refractivity contribution in [1.29, 1.82) is 0 Å². The van der Waals surface area contributed by atoms with Crippen molar-refractivity contribution in [3.63, 3.8) is 0 Å². The first-order valence-corrected chi connectivity index (χ1v) is 7.22. The summed E-state index contributed by atoms with van der Waals surface area (Å²) in [7, 11) is 0. The molecule has 0 saturated heterocycles. The van der Waals surface area contributed by atoms with Crippen molar-refractivity contribution in [2.45, 2.75) is 18.3 Å². The maximum Gasteiger partial charge on any atom is 0.232 e. The van der Waals surface area contributed by atoms with E-state index in [1.54, 1.807) is 0 Å². The van der Waals surface area contributed by atoms with Crippen molar-refractivity contribution in [1.82, 2.24) is 0 Å². The van der Waals surface area contributed by atoms with Crippen molar-refractivity contribution in [3.05, 3.63) is 71.8 Å². The van der Waals surface area contributed by atoms with Crippen LogP contribution in [-0.4, -0.2) is 11.8 Å². The topological polar surface area (TPSA) is 43.1 Å².